The molecule has 34 heteroatoms. The predicted molar refractivity (Wildman–Crippen MR) is 236 cm³/mol. The van der Waals surface area contributed by atoms with Gasteiger partial charge in [0, 0.05) is 22.5 Å². The number of benzene rings is 4. The summed E-state index contributed by atoms with van der Waals surface area (Å²) in [6, 6.07) is -8.81. The zero-order valence-corrected chi connectivity index (χ0v) is 43.4. The third-order valence-corrected chi connectivity index (χ3v) is 12.7. The van der Waals surface area contributed by atoms with E-state index in [-0.39, 0.29) is 22.5 Å². The zero-order valence-electron chi connectivity index (χ0n) is 41.3. The van der Waals surface area contributed by atoms with Crippen LogP contribution in [0.5, 0.6) is 0 Å². The van der Waals surface area contributed by atoms with Crippen LogP contribution in [0.2, 0.25) is 0 Å². The normalized spacial score (nSPS) is 17.8. The minimum absolute atomic E-state index is 0. The molecule has 8 rings (SSSR count). The second-order valence-corrected chi connectivity index (χ2v) is 18.8. The van der Waals surface area contributed by atoms with Crippen molar-refractivity contribution in [2.45, 2.75) is 94.9 Å². The van der Waals surface area contributed by atoms with Gasteiger partial charge in [-0.3, -0.25) is 0 Å². The number of halogens is 24. The summed E-state index contributed by atoms with van der Waals surface area (Å²) in [4.78, 5) is 0. The van der Waals surface area contributed by atoms with Crippen LogP contribution in [0.4, 0.5) is 105 Å². The Labute approximate surface area is 466 Å². The van der Waals surface area contributed by atoms with Crippen LogP contribution in [0.25, 0.3) is 0 Å². The monoisotopic (exact) mass is 1290 g/mol. The molecule has 0 amide bonds. The standard InChI is InChI=1S/C32H12BF24.C8H14.C5H9O3P.4CO.Mn/c34-25(35,36)13-1-14(26(37,38)39)6-21(5-13)33(22-7-15(27(40,41)42)2-16(8-22)28(43,44)45,23-9-17(29(46,47)48)3-18(10-23)30(49,50)51)24-11-19(31(52,53)54)4-20(12-24)32(55,56)57;1-2-4-6-8-7-5-3-1;1-5-2-6-9(7-3-5)8-4-5;4*1-2;/h1-12H;1-2H,3-8H2;2-4H2,1H3;;;;;/q-1;;;;;;;/b;2-1-;;;;;;. The molecular weight excluding hydrogens is 1250 g/mol. The molecule has 3 fully saturated rings. The second kappa shape index (κ2) is 30.7. The van der Waals surface area contributed by atoms with Gasteiger partial charge in [0.25, 0.3) is 0 Å². The van der Waals surface area contributed by atoms with Crippen molar-refractivity contribution >= 4 is 36.6 Å². The van der Waals surface area contributed by atoms with Crippen molar-refractivity contribution in [3.05, 3.63) is 156 Å². The average Bonchev–Trinajstić information content (AvgIpc) is 3.47. The molecule has 0 aromatic heterocycles. The first-order valence-corrected chi connectivity index (χ1v) is 23.2. The van der Waals surface area contributed by atoms with E-state index in [2.05, 4.69) is 45.7 Å². The summed E-state index contributed by atoms with van der Waals surface area (Å²) in [7, 11) is -0.935. The Hall–Kier alpha value is -5.21. The van der Waals surface area contributed by atoms with E-state index >= 15 is 0 Å². The third-order valence-electron chi connectivity index (χ3n) is 11.7. The summed E-state index contributed by atoms with van der Waals surface area (Å²) >= 11 is 0. The molecular formula is C49H35BF24MnO7P-. The van der Waals surface area contributed by atoms with Gasteiger partial charge in [-0.05, 0) is 49.9 Å². The van der Waals surface area contributed by atoms with Gasteiger partial charge in [-0.2, -0.15) is 127 Å². The van der Waals surface area contributed by atoms with Gasteiger partial charge in [0.2, 0.25) is 0 Å². The van der Waals surface area contributed by atoms with E-state index in [0.29, 0.717) is 0 Å². The Morgan fingerprint density at radius 1 is 0.337 bits per heavy atom. The first-order valence-electron chi connectivity index (χ1n) is 22.1. The fourth-order valence-corrected chi connectivity index (χ4v) is 9.52. The Morgan fingerprint density at radius 3 is 0.639 bits per heavy atom. The molecule has 0 unspecified atom stereocenters. The van der Waals surface area contributed by atoms with Crippen molar-refractivity contribution in [1.82, 2.24) is 0 Å². The predicted octanol–water partition coefficient (Wildman–Crippen LogP) is 15.3. The Morgan fingerprint density at radius 2 is 0.506 bits per heavy atom. The summed E-state index contributed by atoms with van der Waals surface area (Å²) in [6.07, 6.45) is -41.8. The maximum absolute atomic E-state index is 14.2. The SMILES string of the molecule is C1=C\CCCCCC/1.CC12COP(OC1)OC2.FC(F)(F)c1cc([B-](c2cc(C(F)(F)F)cc(C(F)(F)F)c2)(c2cc(C(F)(F)F)cc(C(F)(F)F)c2)c2cc(C(F)(F)F)cc(C(F)(F)F)c2)cc(C(F)(F)F)c1.[C-]#[O+].[C-]#[O+].[C-]#[O+].[C-]#[O+].[Mn]. The first kappa shape index (κ1) is 77.8. The molecule has 3 aliphatic heterocycles. The van der Waals surface area contributed by atoms with Gasteiger partial charge in [-0.25, -0.2) is 0 Å². The van der Waals surface area contributed by atoms with Gasteiger partial charge < -0.3 is 13.6 Å². The van der Waals surface area contributed by atoms with E-state index in [1.165, 1.54) is 38.5 Å². The van der Waals surface area contributed by atoms with Crippen molar-refractivity contribution < 1.29 is 155 Å². The number of fused-ring (bicyclic) bond motifs is 3. The van der Waals surface area contributed by atoms with Gasteiger partial charge in [-0.15, -0.1) is 0 Å². The van der Waals surface area contributed by atoms with Crippen molar-refractivity contribution in [2.24, 2.45) is 5.41 Å². The molecule has 83 heavy (non-hydrogen) atoms. The quantitative estimate of drug-likeness (QED) is 0.0507. The second-order valence-electron chi connectivity index (χ2n) is 17.5. The van der Waals surface area contributed by atoms with Gasteiger partial charge in [0.05, 0.1) is 64.3 Å². The summed E-state index contributed by atoms with van der Waals surface area (Å²) in [5, 5.41) is 0. The van der Waals surface area contributed by atoms with Crippen LogP contribution in [-0.2, 0) is 98.7 Å². The average molecular weight is 1290 g/mol. The smallest absolute Gasteiger partial charge is 0 e. The Balaban J connectivity index is 0.00000213. The topological polar surface area (TPSA) is 107 Å². The molecule has 7 nitrogen and oxygen atoms in total. The fraction of sp³-hybridized carbons (Fsp3) is 0.388. The molecule has 4 aromatic carbocycles. The van der Waals surface area contributed by atoms with Crippen molar-refractivity contribution in [3.8, 4) is 0 Å². The molecule has 4 aromatic rings. The summed E-state index contributed by atoms with van der Waals surface area (Å²) in [6.45, 7) is 22.5. The van der Waals surface area contributed by atoms with Gasteiger partial charge in [-0.1, -0.05) is 80.4 Å². The molecule has 2 bridgehead atoms. The molecule has 3 heterocycles. The largest absolute Gasteiger partial charge is 0 e. The number of hydrogen-bond donors (Lipinski definition) is 0. The number of hydrogen-bond acceptors (Lipinski definition) is 3. The number of allylic oxidation sites excluding steroid dienone is 2. The first-order chi connectivity index (χ1) is 37.5. The van der Waals surface area contributed by atoms with Crippen molar-refractivity contribution in [3.63, 3.8) is 0 Å². The maximum Gasteiger partial charge on any atom is 0 e. The van der Waals surface area contributed by atoms with E-state index in [0.717, 1.165) is 19.8 Å². The van der Waals surface area contributed by atoms with E-state index in [9.17, 15) is 105 Å². The number of rotatable bonds is 4. The maximum atomic E-state index is 14.2. The van der Waals surface area contributed by atoms with E-state index < -0.39 is 203 Å². The summed E-state index contributed by atoms with van der Waals surface area (Å²) in [5.41, 5.74) is -30.1. The van der Waals surface area contributed by atoms with Gasteiger partial charge in [0.1, 0.15) is 6.15 Å². The van der Waals surface area contributed by atoms with Crippen molar-refractivity contribution in [2.75, 3.05) is 19.8 Å². The molecule has 0 N–H and O–H groups in total. The molecule has 0 atom stereocenters. The molecule has 3 saturated heterocycles. The van der Waals surface area contributed by atoms with Crippen LogP contribution in [0, 0.1) is 32.0 Å². The zero-order chi connectivity index (χ0) is 63.9. The van der Waals surface area contributed by atoms with E-state index in [4.69, 9.17) is 32.2 Å². The summed E-state index contributed by atoms with van der Waals surface area (Å²) in [5.74, 6) is 0. The molecule has 457 valence electrons. The van der Waals surface area contributed by atoms with Gasteiger partial charge in [0.15, 0.2) is 0 Å². The minimum Gasteiger partial charge on any atom is 0 e. The van der Waals surface area contributed by atoms with Crippen LogP contribution >= 0.6 is 8.60 Å². The third kappa shape index (κ3) is 21.7. The van der Waals surface area contributed by atoms with Crippen LogP contribution in [0.1, 0.15) is 90.0 Å². The Bertz CT molecular complexity index is 2350. The van der Waals surface area contributed by atoms with E-state index in [1.807, 2.05) is 0 Å². The minimum atomic E-state index is -6.13. The van der Waals surface area contributed by atoms with Crippen molar-refractivity contribution in [1.29, 1.82) is 0 Å². The fourth-order valence-electron chi connectivity index (χ4n) is 8.05. The van der Waals surface area contributed by atoms with Crippen LogP contribution in [0.3, 0.4) is 0 Å². The molecule has 1 radical (unpaired) electrons. The summed E-state index contributed by atoms with van der Waals surface area (Å²) < 4.78 is 386. The van der Waals surface area contributed by atoms with Crippen LogP contribution < -0.4 is 21.9 Å². The van der Waals surface area contributed by atoms with Crippen LogP contribution in [0.15, 0.2) is 84.9 Å². The Kier molecular flexibility index (Phi) is 28.8. The van der Waals surface area contributed by atoms with E-state index in [1.54, 1.807) is 0 Å². The van der Waals surface area contributed by atoms with Crippen LogP contribution in [-0.4, -0.2) is 26.0 Å². The van der Waals surface area contributed by atoms with Gasteiger partial charge >= 0.3 is 103 Å². The molecule has 4 aliphatic rings. The molecule has 1 aliphatic carbocycles. The molecule has 0 spiro atoms. The number of alkyl halides is 24. The molecule has 0 saturated carbocycles.